The number of rotatable bonds is 5. The fourth-order valence-corrected chi connectivity index (χ4v) is 2.18. The molecule has 80 valence electrons. The van der Waals surface area contributed by atoms with Gasteiger partial charge in [0.1, 0.15) is 0 Å². The van der Waals surface area contributed by atoms with Gasteiger partial charge in [-0.3, -0.25) is 0 Å². The van der Waals surface area contributed by atoms with E-state index in [-0.39, 0.29) is 0 Å². The summed E-state index contributed by atoms with van der Waals surface area (Å²) in [5.41, 5.74) is 1.24. The largest absolute Gasteiger partial charge is 0.334 e. The van der Waals surface area contributed by atoms with Gasteiger partial charge in [-0.1, -0.05) is 6.07 Å². The zero-order valence-electron chi connectivity index (χ0n) is 8.81. The minimum Gasteiger partial charge on any atom is -0.334 e. The van der Waals surface area contributed by atoms with Gasteiger partial charge in [0.05, 0.1) is 12.0 Å². The summed E-state index contributed by atoms with van der Waals surface area (Å²) in [4.78, 5) is 5.51. The lowest BCUT2D eigenvalue weighted by Gasteiger charge is -2.05. The highest BCUT2D eigenvalue weighted by Gasteiger charge is 1.99. The van der Waals surface area contributed by atoms with Crippen LogP contribution in [0, 0.1) is 0 Å². The second-order valence-electron chi connectivity index (χ2n) is 3.35. The Bertz CT molecular complexity index is 392. The molecule has 1 N–H and O–H groups in total. The van der Waals surface area contributed by atoms with Crippen LogP contribution in [0.25, 0.3) is 0 Å². The lowest BCUT2D eigenvalue weighted by molar-refractivity contribution is 0.632. The van der Waals surface area contributed by atoms with Crippen molar-refractivity contribution in [3.8, 4) is 0 Å². The van der Waals surface area contributed by atoms with Crippen molar-refractivity contribution >= 4 is 11.3 Å². The molecular weight excluding hydrogens is 206 g/mol. The highest BCUT2D eigenvalue weighted by molar-refractivity contribution is 7.09. The van der Waals surface area contributed by atoms with Gasteiger partial charge in [0, 0.05) is 30.7 Å². The molecule has 15 heavy (non-hydrogen) atoms. The first kappa shape index (κ1) is 10.4. The second-order valence-corrected chi connectivity index (χ2v) is 4.39. The Morgan fingerprint density at radius 2 is 2.40 bits per heavy atom. The van der Waals surface area contributed by atoms with Gasteiger partial charge in [-0.2, -0.15) is 0 Å². The van der Waals surface area contributed by atoms with Crippen molar-refractivity contribution in [3.05, 3.63) is 40.6 Å². The van der Waals surface area contributed by atoms with E-state index >= 15 is 0 Å². The Morgan fingerprint density at radius 1 is 1.47 bits per heavy atom. The van der Waals surface area contributed by atoms with Gasteiger partial charge in [0.2, 0.25) is 0 Å². The number of aromatic nitrogens is 2. The van der Waals surface area contributed by atoms with E-state index in [1.807, 2.05) is 12.5 Å². The molecule has 0 amide bonds. The maximum atomic E-state index is 4.13. The fourth-order valence-electron chi connectivity index (χ4n) is 1.51. The van der Waals surface area contributed by atoms with E-state index in [1.165, 1.54) is 10.6 Å². The predicted molar refractivity (Wildman–Crippen MR) is 62.8 cm³/mol. The fraction of sp³-hybridized carbons (Fsp3) is 0.364. The van der Waals surface area contributed by atoms with Crippen molar-refractivity contribution in [2.45, 2.75) is 26.6 Å². The van der Waals surface area contributed by atoms with E-state index < -0.39 is 0 Å². The molecule has 0 aromatic carbocycles. The third-order valence-electron chi connectivity index (χ3n) is 2.32. The topological polar surface area (TPSA) is 29.9 Å². The lowest BCUT2D eigenvalue weighted by atomic mass is 10.4. The molecule has 0 fully saturated rings. The first-order chi connectivity index (χ1) is 7.40. The smallest absolute Gasteiger partial charge is 0.0948 e. The van der Waals surface area contributed by atoms with Crippen molar-refractivity contribution in [1.82, 2.24) is 14.9 Å². The van der Waals surface area contributed by atoms with Gasteiger partial charge in [-0.25, -0.2) is 4.98 Å². The molecule has 0 aliphatic rings. The van der Waals surface area contributed by atoms with Crippen LogP contribution in [0.3, 0.4) is 0 Å². The Morgan fingerprint density at radius 3 is 3.13 bits per heavy atom. The lowest BCUT2D eigenvalue weighted by Crippen LogP contribution is -2.14. The molecule has 2 heterocycles. The summed E-state index contributed by atoms with van der Waals surface area (Å²) in [5, 5.41) is 5.52. The third-order valence-corrected chi connectivity index (χ3v) is 3.20. The average molecular weight is 221 g/mol. The molecule has 0 saturated heterocycles. The number of thiophene rings is 1. The van der Waals surface area contributed by atoms with Crippen LogP contribution in [-0.4, -0.2) is 9.55 Å². The van der Waals surface area contributed by atoms with Crippen molar-refractivity contribution < 1.29 is 0 Å². The van der Waals surface area contributed by atoms with Crippen LogP contribution < -0.4 is 5.32 Å². The van der Waals surface area contributed by atoms with E-state index in [2.05, 4.69) is 39.3 Å². The summed E-state index contributed by atoms with van der Waals surface area (Å²) in [7, 11) is 0. The van der Waals surface area contributed by atoms with E-state index in [0.717, 1.165) is 19.6 Å². The highest BCUT2D eigenvalue weighted by atomic mass is 32.1. The van der Waals surface area contributed by atoms with Gasteiger partial charge in [-0.15, -0.1) is 11.3 Å². The number of aryl methyl sites for hydroxylation is 1. The van der Waals surface area contributed by atoms with Gasteiger partial charge < -0.3 is 9.88 Å². The number of hydrogen-bond acceptors (Lipinski definition) is 3. The highest BCUT2D eigenvalue weighted by Crippen LogP contribution is 2.08. The van der Waals surface area contributed by atoms with Crippen molar-refractivity contribution in [2.75, 3.05) is 0 Å². The van der Waals surface area contributed by atoms with Crippen LogP contribution in [0.2, 0.25) is 0 Å². The molecule has 0 aliphatic carbocycles. The summed E-state index contributed by atoms with van der Waals surface area (Å²) >= 11 is 1.79. The molecule has 0 unspecified atom stereocenters. The van der Waals surface area contributed by atoms with Crippen LogP contribution in [0.5, 0.6) is 0 Å². The van der Waals surface area contributed by atoms with Gasteiger partial charge >= 0.3 is 0 Å². The number of hydrogen-bond donors (Lipinski definition) is 1. The van der Waals surface area contributed by atoms with Crippen LogP contribution in [-0.2, 0) is 19.6 Å². The quantitative estimate of drug-likeness (QED) is 0.839. The summed E-state index contributed by atoms with van der Waals surface area (Å²) in [6, 6.07) is 4.23. The Labute approximate surface area is 93.8 Å². The maximum Gasteiger partial charge on any atom is 0.0948 e. The summed E-state index contributed by atoms with van der Waals surface area (Å²) in [6.07, 6.45) is 3.80. The van der Waals surface area contributed by atoms with E-state index in [9.17, 15) is 0 Å². The molecule has 2 aromatic heterocycles. The van der Waals surface area contributed by atoms with Gasteiger partial charge in [0.15, 0.2) is 0 Å². The average Bonchev–Trinajstić information content (AvgIpc) is 2.88. The second kappa shape index (κ2) is 5.09. The monoisotopic (exact) mass is 221 g/mol. The normalized spacial score (nSPS) is 10.7. The van der Waals surface area contributed by atoms with Crippen LogP contribution in [0.15, 0.2) is 30.0 Å². The van der Waals surface area contributed by atoms with Gasteiger partial charge in [0.25, 0.3) is 0 Å². The number of nitrogens with zero attached hydrogens (tertiary/aromatic N) is 2. The summed E-state index contributed by atoms with van der Waals surface area (Å²) in [5.74, 6) is 0. The zero-order valence-corrected chi connectivity index (χ0v) is 9.63. The molecule has 4 heteroatoms. The first-order valence-corrected chi connectivity index (χ1v) is 6.00. The Kier molecular flexibility index (Phi) is 3.53. The standard InChI is InChI=1S/C11H15N3S/c1-2-14-9-13-7-10(14)6-12-8-11-4-3-5-15-11/h3-5,7,9,12H,2,6,8H2,1H3. The molecule has 0 spiro atoms. The van der Waals surface area contributed by atoms with Gasteiger partial charge in [-0.05, 0) is 18.4 Å². The molecule has 0 atom stereocenters. The number of imidazole rings is 1. The molecule has 0 saturated carbocycles. The van der Waals surface area contributed by atoms with Crippen molar-refractivity contribution in [2.24, 2.45) is 0 Å². The van der Waals surface area contributed by atoms with Crippen LogP contribution in [0.4, 0.5) is 0 Å². The minimum absolute atomic E-state index is 0.881. The molecule has 3 nitrogen and oxygen atoms in total. The number of nitrogens with one attached hydrogen (secondary N) is 1. The predicted octanol–water partition coefficient (Wildman–Crippen LogP) is 2.25. The molecule has 0 radical (unpaired) electrons. The minimum atomic E-state index is 0.881. The van der Waals surface area contributed by atoms with Crippen molar-refractivity contribution in [1.29, 1.82) is 0 Å². The SMILES string of the molecule is CCn1cncc1CNCc1cccs1. The molecule has 0 aliphatic heterocycles. The van der Waals surface area contributed by atoms with E-state index in [0.29, 0.717) is 0 Å². The first-order valence-electron chi connectivity index (χ1n) is 5.12. The molecular formula is C11H15N3S. The van der Waals surface area contributed by atoms with E-state index in [1.54, 1.807) is 11.3 Å². The summed E-state index contributed by atoms with van der Waals surface area (Å²) < 4.78 is 2.15. The zero-order chi connectivity index (χ0) is 10.5. The van der Waals surface area contributed by atoms with Crippen LogP contribution in [0.1, 0.15) is 17.5 Å². The van der Waals surface area contributed by atoms with E-state index in [4.69, 9.17) is 0 Å². The molecule has 2 rings (SSSR count). The maximum absolute atomic E-state index is 4.13. The molecule has 0 bridgehead atoms. The third kappa shape index (κ3) is 2.67. The Balaban J connectivity index is 1.83. The Hall–Kier alpha value is -1.13. The van der Waals surface area contributed by atoms with Crippen LogP contribution >= 0.6 is 11.3 Å². The molecule has 2 aromatic rings. The van der Waals surface area contributed by atoms with Crippen molar-refractivity contribution in [3.63, 3.8) is 0 Å². The summed E-state index contributed by atoms with van der Waals surface area (Å²) in [6.45, 7) is 4.93.